The van der Waals surface area contributed by atoms with Gasteiger partial charge in [0.25, 0.3) is 0 Å². The highest BCUT2D eigenvalue weighted by Crippen LogP contribution is 2.38. The molecule has 2 aromatic rings. The summed E-state index contributed by atoms with van der Waals surface area (Å²) in [5.74, 6) is 1.80. The largest absolute Gasteiger partial charge is 0.490 e. The van der Waals surface area contributed by atoms with E-state index < -0.39 is 0 Å². The van der Waals surface area contributed by atoms with Gasteiger partial charge in [-0.05, 0) is 73.6 Å². The molecule has 0 bridgehead atoms. The number of hydrogen-bond acceptors (Lipinski definition) is 2. The number of benzene rings is 1. The van der Waals surface area contributed by atoms with Crippen LogP contribution in [0.25, 0.3) is 16.8 Å². The molecule has 0 spiro atoms. The first-order valence-corrected chi connectivity index (χ1v) is 9.15. The lowest BCUT2D eigenvalue weighted by Crippen LogP contribution is -2.30. The Morgan fingerprint density at radius 3 is 2.46 bits per heavy atom. The SMILES string of the molecule is C/C=C/c1cc2ccc(O[C@H]3CC[C@H](C(C)(C)C)CC3)cc2cn1. The molecule has 1 aromatic heterocycles. The smallest absolute Gasteiger partial charge is 0.120 e. The minimum atomic E-state index is 0.358. The van der Waals surface area contributed by atoms with Crippen molar-refractivity contribution in [2.24, 2.45) is 11.3 Å². The van der Waals surface area contributed by atoms with Crippen molar-refractivity contribution >= 4 is 16.8 Å². The first kappa shape index (κ1) is 17.0. The molecule has 0 radical (unpaired) electrons. The summed E-state index contributed by atoms with van der Waals surface area (Å²) in [6.45, 7) is 9.09. The van der Waals surface area contributed by atoms with Crippen molar-refractivity contribution < 1.29 is 4.74 Å². The van der Waals surface area contributed by atoms with E-state index in [1.165, 1.54) is 31.1 Å². The zero-order valence-electron chi connectivity index (χ0n) is 15.4. The average molecular weight is 323 g/mol. The summed E-state index contributed by atoms with van der Waals surface area (Å²) < 4.78 is 6.26. The highest BCUT2D eigenvalue weighted by Gasteiger charge is 2.30. The van der Waals surface area contributed by atoms with Gasteiger partial charge in [-0.3, -0.25) is 4.98 Å². The summed E-state index contributed by atoms with van der Waals surface area (Å²) in [6.07, 6.45) is 11.2. The quantitative estimate of drug-likeness (QED) is 0.666. The molecular weight excluding hydrogens is 294 g/mol. The van der Waals surface area contributed by atoms with E-state index in [4.69, 9.17) is 4.74 Å². The zero-order valence-corrected chi connectivity index (χ0v) is 15.4. The maximum atomic E-state index is 6.26. The van der Waals surface area contributed by atoms with E-state index >= 15 is 0 Å². The summed E-state index contributed by atoms with van der Waals surface area (Å²) in [6, 6.07) is 8.48. The average Bonchev–Trinajstić information content (AvgIpc) is 2.55. The van der Waals surface area contributed by atoms with E-state index in [2.05, 4.69) is 50.0 Å². The van der Waals surface area contributed by atoms with Crippen LogP contribution in [0.5, 0.6) is 5.75 Å². The molecule has 1 aromatic carbocycles. The van der Waals surface area contributed by atoms with E-state index in [-0.39, 0.29) is 0 Å². The minimum Gasteiger partial charge on any atom is -0.490 e. The highest BCUT2D eigenvalue weighted by atomic mass is 16.5. The maximum absolute atomic E-state index is 6.26. The molecule has 0 saturated heterocycles. The Kier molecular flexibility index (Phi) is 4.93. The number of allylic oxidation sites excluding steroid dienone is 1. The molecule has 1 saturated carbocycles. The second-order valence-electron chi connectivity index (χ2n) is 8.08. The number of fused-ring (bicyclic) bond motifs is 1. The summed E-state index contributed by atoms with van der Waals surface area (Å²) in [7, 11) is 0. The van der Waals surface area contributed by atoms with E-state index in [1.807, 2.05) is 25.3 Å². The summed E-state index contributed by atoms with van der Waals surface area (Å²) in [5.41, 5.74) is 1.42. The summed E-state index contributed by atoms with van der Waals surface area (Å²) in [4.78, 5) is 4.48. The Bertz CT molecular complexity index is 718. The Balaban J connectivity index is 1.67. The van der Waals surface area contributed by atoms with Crippen LogP contribution in [0.4, 0.5) is 0 Å². The molecule has 24 heavy (non-hydrogen) atoms. The topological polar surface area (TPSA) is 22.1 Å². The van der Waals surface area contributed by atoms with Crippen LogP contribution in [0.3, 0.4) is 0 Å². The van der Waals surface area contributed by atoms with Crippen LogP contribution in [0.15, 0.2) is 36.5 Å². The Labute approximate surface area is 145 Å². The standard InChI is InChI=1S/C22H29NO/c1-5-6-19-13-16-7-10-21(14-17(16)15-23-19)24-20-11-8-18(9-12-20)22(2,3)4/h5-7,10,13-15,18,20H,8-9,11-12H2,1-4H3/b6-5+/t18-,20-. The van der Waals surface area contributed by atoms with Gasteiger partial charge in [0.05, 0.1) is 11.8 Å². The molecule has 0 atom stereocenters. The summed E-state index contributed by atoms with van der Waals surface area (Å²) in [5, 5.41) is 2.35. The van der Waals surface area contributed by atoms with Gasteiger partial charge in [0.15, 0.2) is 0 Å². The summed E-state index contributed by atoms with van der Waals surface area (Å²) >= 11 is 0. The van der Waals surface area contributed by atoms with Gasteiger partial charge >= 0.3 is 0 Å². The predicted octanol–water partition coefficient (Wildman–Crippen LogP) is 6.25. The van der Waals surface area contributed by atoms with E-state index in [0.29, 0.717) is 11.5 Å². The van der Waals surface area contributed by atoms with Gasteiger partial charge in [-0.25, -0.2) is 0 Å². The van der Waals surface area contributed by atoms with Crippen LogP contribution in [-0.2, 0) is 0 Å². The number of hydrogen-bond donors (Lipinski definition) is 0. The Morgan fingerprint density at radius 1 is 1.04 bits per heavy atom. The van der Waals surface area contributed by atoms with E-state index in [0.717, 1.165) is 22.7 Å². The number of aromatic nitrogens is 1. The van der Waals surface area contributed by atoms with Crippen molar-refractivity contribution in [1.29, 1.82) is 0 Å². The molecule has 2 heteroatoms. The number of nitrogens with zero attached hydrogens (tertiary/aromatic N) is 1. The normalized spacial score (nSPS) is 22.2. The second kappa shape index (κ2) is 6.96. The third-order valence-electron chi connectivity index (χ3n) is 5.25. The molecule has 2 nitrogen and oxygen atoms in total. The fourth-order valence-corrected chi connectivity index (χ4v) is 3.71. The zero-order chi connectivity index (χ0) is 17.2. The molecule has 1 aliphatic rings. The maximum Gasteiger partial charge on any atom is 0.120 e. The molecule has 1 heterocycles. The van der Waals surface area contributed by atoms with Crippen molar-refractivity contribution in [1.82, 2.24) is 4.98 Å². The third-order valence-corrected chi connectivity index (χ3v) is 5.25. The highest BCUT2D eigenvalue weighted by molar-refractivity contribution is 5.84. The van der Waals surface area contributed by atoms with Crippen molar-refractivity contribution in [3.63, 3.8) is 0 Å². The second-order valence-corrected chi connectivity index (χ2v) is 8.08. The molecule has 0 aliphatic heterocycles. The van der Waals surface area contributed by atoms with Crippen molar-refractivity contribution in [3.8, 4) is 5.75 Å². The Morgan fingerprint density at radius 2 is 1.79 bits per heavy atom. The number of pyridine rings is 1. The van der Waals surface area contributed by atoms with Gasteiger partial charge in [-0.1, -0.05) is 32.9 Å². The molecule has 1 fully saturated rings. The van der Waals surface area contributed by atoms with Crippen molar-refractivity contribution in [3.05, 3.63) is 42.2 Å². The molecule has 0 N–H and O–H groups in total. The monoisotopic (exact) mass is 323 g/mol. The lowest BCUT2D eigenvalue weighted by atomic mass is 9.72. The molecule has 1 aliphatic carbocycles. The minimum absolute atomic E-state index is 0.358. The van der Waals surface area contributed by atoms with Crippen LogP contribution in [-0.4, -0.2) is 11.1 Å². The lowest BCUT2D eigenvalue weighted by molar-refractivity contribution is 0.0883. The Hall–Kier alpha value is -1.83. The van der Waals surface area contributed by atoms with Gasteiger partial charge in [-0.2, -0.15) is 0 Å². The predicted molar refractivity (Wildman–Crippen MR) is 102 cm³/mol. The first-order valence-electron chi connectivity index (χ1n) is 9.15. The van der Waals surface area contributed by atoms with Gasteiger partial charge in [0.2, 0.25) is 0 Å². The van der Waals surface area contributed by atoms with Gasteiger partial charge < -0.3 is 4.74 Å². The third kappa shape index (κ3) is 3.98. The van der Waals surface area contributed by atoms with Crippen LogP contribution < -0.4 is 4.74 Å². The molecular formula is C22H29NO. The van der Waals surface area contributed by atoms with E-state index in [9.17, 15) is 0 Å². The van der Waals surface area contributed by atoms with Crippen LogP contribution >= 0.6 is 0 Å². The van der Waals surface area contributed by atoms with Crippen molar-refractivity contribution in [2.45, 2.75) is 59.5 Å². The molecule has 0 unspecified atom stereocenters. The molecule has 3 rings (SSSR count). The van der Waals surface area contributed by atoms with Gasteiger partial charge in [0.1, 0.15) is 5.75 Å². The van der Waals surface area contributed by atoms with Crippen molar-refractivity contribution in [2.75, 3.05) is 0 Å². The molecule has 128 valence electrons. The lowest BCUT2D eigenvalue weighted by Gasteiger charge is -2.36. The number of ether oxygens (including phenoxy) is 1. The van der Waals surface area contributed by atoms with E-state index in [1.54, 1.807) is 0 Å². The van der Waals surface area contributed by atoms with Gasteiger partial charge in [-0.15, -0.1) is 0 Å². The van der Waals surface area contributed by atoms with Crippen LogP contribution in [0.1, 0.15) is 59.1 Å². The first-order chi connectivity index (χ1) is 11.5. The fraction of sp³-hybridized carbons (Fsp3) is 0.500. The molecule has 0 amide bonds. The van der Waals surface area contributed by atoms with Crippen LogP contribution in [0, 0.1) is 11.3 Å². The fourth-order valence-electron chi connectivity index (χ4n) is 3.71. The van der Waals surface area contributed by atoms with Crippen LogP contribution in [0.2, 0.25) is 0 Å². The number of rotatable bonds is 3. The van der Waals surface area contributed by atoms with Gasteiger partial charge in [0, 0.05) is 11.6 Å².